The fraction of sp³-hybridized carbons (Fsp3) is 0.818. The molecule has 1 N–H and O–H groups in total. The molecule has 25 heavy (non-hydrogen) atoms. The molecule has 0 bridgehead atoms. The molecule has 3 nitrogen and oxygen atoms in total. The second-order valence-corrected chi connectivity index (χ2v) is 7.84. The van der Waals surface area contributed by atoms with E-state index in [-0.39, 0.29) is 0 Å². The lowest BCUT2D eigenvalue weighted by Gasteiger charge is -2.08. The van der Waals surface area contributed by atoms with Crippen LogP contribution in [0.4, 0.5) is 5.82 Å². The molecule has 0 radical (unpaired) electrons. The second-order valence-electron chi connectivity index (χ2n) is 7.84. The van der Waals surface area contributed by atoms with Gasteiger partial charge < -0.3 is 5.32 Å². The highest BCUT2D eigenvalue weighted by molar-refractivity contribution is 5.36. The molecule has 0 atom stereocenters. The maximum Gasteiger partial charge on any atom is 0.134 e. The largest absolute Gasteiger partial charge is 0.370 e. The average Bonchev–Trinajstić information content (AvgIpc) is 3.43. The summed E-state index contributed by atoms with van der Waals surface area (Å²) >= 11 is 0. The number of hydrogen-bond donors (Lipinski definition) is 1. The van der Waals surface area contributed by atoms with Crippen LogP contribution in [0.5, 0.6) is 0 Å². The number of unbranched alkanes of at least 4 members (excludes halogenated alkanes) is 11. The van der Waals surface area contributed by atoms with E-state index >= 15 is 0 Å². The number of nitrogens with one attached hydrogen (secondary N) is 1. The number of nitrogens with zero attached hydrogens (tertiary/aromatic N) is 2. The van der Waals surface area contributed by atoms with Crippen LogP contribution in [-0.2, 0) is 0 Å². The van der Waals surface area contributed by atoms with Crippen molar-refractivity contribution < 1.29 is 0 Å². The predicted octanol–water partition coefficient (Wildman–Crippen LogP) is 6.78. The average molecular weight is 346 g/mol. The molecule has 1 heterocycles. The van der Waals surface area contributed by atoms with E-state index in [1.165, 1.54) is 89.9 Å². The Morgan fingerprint density at radius 3 is 1.96 bits per heavy atom. The van der Waals surface area contributed by atoms with Gasteiger partial charge in [0.25, 0.3) is 0 Å². The fourth-order valence-electron chi connectivity index (χ4n) is 3.39. The van der Waals surface area contributed by atoms with Gasteiger partial charge in [0.1, 0.15) is 11.6 Å². The van der Waals surface area contributed by atoms with Gasteiger partial charge in [-0.3, -0.25) is 0 Å². The van der Waals surface area contributed by atoms with Gasteiger partial charge in [0.05, 0.1) is 0 Å². The van der Waals surface area contributed by atoms with Crippen LogP contribution in [0.3, 0.4) is 0 Å². The first-order valence-corrected chi connectivity index (χ1v) is 10.9. The van der Waals surface area contributed by atoms with Gasteiger partial charge in [0, 0.05) is 24.2 Å². The van der Waals surface area contributed by atoms with Gasteiger partial charge in [-0.15, -0.1) is 0 Å². The summed E-state index contributed by atoms with van der Waals surface area (Å²) in [5.74, 6) is 2.71. The van der Waals surface area contributed by atoms with Crippen LogP contribution in [0.25, 0.3) is 0 Å². The molecular weight excluding hydrogens is 306 g/mol. The van der Waals surface area contributed by atoms with E-state index in [4.69, 9.17) is 0 Å². The molecule has 3 heteroatoms. The quantitative estimate of drug-likeness (QED) is 0.356. The normalized spacial score (nSPS) is 14.0. The van der Waals surface area contributed by atoms with Crippen molar-refractivity contribution >= 4 is 5.82 Å². The standard InChI is InChI=1S/C22H39N3/c1-3-4-5-6-7-8-9-10-11-12-13-14-17-23-21-18-19(2)24-22(25-21)20-15-16-20/h18,20H,3-17H2,1-2H3,(H,23,24,25). The summed E-state index contributed by atoms with van der Waals surface area (Å²) in [4.78, 5) is 9.23. The van der Waals surface area contributed by atoms with Crippen LogP contribution >= 0.6 is 0 Å². The minimum Gasteiger partial charge on any atom is -0.370 e. The van der Waals surface area contributed by atoms with Crippen LogP contribution in [0.2, 0.25) is 0 Å². The van der Waals surface area contributed by atoms with E-state index in [9.17, 15) is 0 Å². The molecule has 0 unspecified atom stereocenters. The fourth-order valence-corrected chi connectivity index (χ4v) is 3.39. The molecular formula is C22H39N3. The number of hydrogen-bond acceptors (Lipinski definition) is 3. The Balaban J connectivity index is 1.41. The van der Waals surface area contributed by atoms with Gasteiger partial charge in [-0.25, -0.2) is 9.97 Å². The zero-order valence-corrected chi connectivity index (χ0v) is 16.7. The lowest BCUT2D eigenvalue weighted by Crippen LogP contribution is -2.06. The minimum absolute atomic E-state index is 0.632. The summed E-state index contributed by atoms with van der Waals surface area (Å²) in [6.07, 6.45) is 19.3. The van der Waals surface area contributed by atoms with Crippen molar-refractivity contribution in [3.8, 4) is 0 Å². The van der Waals surface area contributed by atoms with Crippen molar-refractivity contribution in [1.82, 2.24) is 9.97 Å². The van der Waals surface area contributed by atoms with Crippen LogP contribution in [-0.4, -0.2) is 16.5 Å². The summed E-state index contributed by atoms with van der Waals surface area (Å²) < 4.78 is 0. The maximum atomic E-state index is 4.67. The van der Waals surface area contributed by atoms with Gasteiger partial charge in [-0.05, 0) is 26.2 Å². The molecule has 1 saturated carbocycles. The first-order valence-electron chi connectivity index (χ1n) is 10.9. The lowest BCUT2D eigenvalue weighted by molar-refractivity contribution is 0.546. The third-order valence-electron chi connectivity index (χ3n) is 5.15. The molecule has 1 fully saturated rings. The number of rotatable bonds is 15. The van der Waals surface area contributed by atoms with Crippen LogP contribution in [0.15, 0.2) is 6.07 Å². The maximum absolute atomic E-state index is 4.67. The van der Waals surface area contributed by atoms with Gasteiger partial charge >= 0.3 is 0 Å². The Kier molecular flexibility index (Phi) is 9.91. The smallest absolute Gasteiger partial charge is 0.134 e. The van der Waals surface area contributed by atoms with E-state index in [0.717, 1.165) is 23.9 Å². The van der Waals surface area contributed by atoms with Crippen LogP contribution < -0.4 is 5.32 Å². The van der Waals surface area contributed by atoms with E-state index in [1.807, 2.05) is 0 Å². The monoisotopic (exact) mass is 345 g/mol. The molecule has 1 aliphatic carbocycles. The van der Waals surface area contributed by atoms with Gasteiger partial charge in [0.15, 0.2) is 0 Å². The van der Waals surface area contributed by atoms with Gasteiger partial charge in [-0.2, -0.15) is 0 Å². The highest BCUT2D eigenvalue weighted by Gasteiger charge is 2.26. The predicted molar refractivity (Wildman–Crippen MR) is 108 cm³/mol. The molecule has 0 saturated heterocycles. The summed E-state index contributed by atoms with van der Waals surface area (Å²) in [6, 6.07) is 2.08. The van der Waals surface area contributed by atoms with Crippen molar-refractivity contribution in [1.29, 1.82) is 0 Å². The number of aromatic nitrogens is 2. The second kappa shape index (κ2) is 12.3. The molecule has 1 aromatic heterocycles. The van der Waals surface area contributed by atoms with Crippen molar-refractivity contribution in [3.63, 3.8) is 0 Å². The van der Waals surface area contributed by atoms with Crippen molar-refractivity contribution in [2.45, 2.75) is 110 Å². The molecule has 1 aliphatic rings. The Morgan fingerprint density at radius 2 is 1.40 bits per heavy atom. The van der Waals surface area contributed by atoms with E-state index in [0.29, 0.717) is 5.92 Å². The number of anilines is 1. The topological polar surface area (TPSA) is 37.8 Å². The summed E-state index contributed by atoms with van der Waals surface area (Å²) in [6.45, 7) is 5.40. The first kappa shape index (κ1) is 20.2. The van der Waals surface area contributed by atoms with Gasteiger partial charge in [-0.1, -0.05) is 77.6 Å². The van der Waals surface area contributed by atoms with Gasteiger partial charge in [0.2, 0.25) is 0 Å². The van der Waals surface area contributed by atoms with Crippen molar-refractivity contribution in [2.24, 2.45) is 0 Å². The highest BCUT2D eigenvalue weighted by Crippen LogP contribution is 2.38. The Hall–Kier alpha value is -1.12. The Bertz CT molecular complexity index is 468. The zero-order valence-electron chi connectivity index (χ0n) is 16.7. The Labute approximate surface area is 155 Å². The molecule has 0 aromatic carbocycles. The molecule has 142 valence electrons. The van der Waals surface area contributed by atoms with E-state index < -0.39 is 0 Å². The summed E-state index contributed by atoms with van der Waals surface area (Å²) in [7, 11) is 0. The van der Waals surface area contributed by atoms with E-state index in [1.54, 1.807) is 0 Å². The van der Waals surface area contributed by atoms with Crippen molar-refractivity contribution in [3.05, 3.63) is 17.6 Å². The molecule has 1 aromatic rings. The molecule has 0 amide bonds. The summed E-state index contributed by atoms with van der Waals surface area (Å²) in [5, 5.41) is 3.49. The number of aryl methyl sites for hydroxylation is 1. The lowest BCUT2D eigenvalue weighted by atomic mass is 10.1. The molecule has 2 rings (SSSR count). The highest BCUT2D eigenvalue weighted by atomic mass is 15.0. The minimum atomic E-state index is 0.632. The van der Waals surface area contributed by atoms with Crippen LogP contribution in [0, 0.1) is 6.92 Å². The SMILES string of the molecule is CCCCCCCCCCCCCCNc1cc(C)nc(C2CC2)n1. The molecule has 0 aliphatic heterocycles. The third-order valence-corrected chi connectivity index (χ3v) is 5.15. The Morgan fingerprint density at radius 1 is 0.840 bits per heavy atom. The third kappa shape index (κ3) is 9.23. The zero-order chi connectivity index (χ0) is 17.7. The van der Waals surface area contributed by atoms with Crippen LogP contribution in [0.1, 0.15) is 114 Å². The van der Waals surface area contributed by atoms with E-state index in [2.05, 4.69) is 35.2 Å². The molecule has 0 spiro atoms. The van der Waals surface area contributed by atoms with Crippen molar-refractivity contribution in [2.75, 3.05) is 11.9 Å². The summed E-state index contributed by atoms with van der Waals surface area (Å²) in [5.41, 5.74) is 1.09. The first-order chi connectivity index (χ1) is 12.3.